The molecule has 0 bridgehead atoms. The zero-order valence-corrected chi connectivity index (χ0v) is 13.4. The van der Waals surface area contributed by atoms with Gasteiger partial charge in [0.1, 0.15) is 0 Å². The molecule has 1 amide bonds. The van der Waals surface area contributed by atoms with Gasteiger partial charge in [0, 0.05) is 12.1 Å². The number of nitrogens with one attached hydrogen (secondary N) is 2. The van der Waals surface area contributed by atoms with Crippen molar-refractivity contribution in [1.82, 2.24) is 15.5 Å². The molecule has 20 heavy (non-hydrogen) atoms. The number of carbonyl (C=O) groups is 1. The fraction of sp³-hybridized carbons (Fsp3) is 0.938. The van der Waals surface area contributed by atoms with Crippen molar-refractivity contribution < 1.29 is 4.79 Å². The number of likely N-dealkylation sites (N-methyl/N-ethyl adjacent to an activating group) is 1. The fourth-order valence-electron chi connectivity index (χ4n) is 3.87. The molecule has 1 unspecified atom stereocenters. The monoisotopic (exact) mass is 281 g/mol. The SMILES string of the molecule is CCC1(C(=O)NCC2(N(C)C)CCCCC2)CCCN1. The van der Waals surface area contributed by atoms with Gasteiger partial charge in [0.05, 0.1) is 5.54 Å². The van der Waals surface area contributed by atoms with Crippen LogP contribution >= 0.6 is 0 Å². The number of hydrogen-bond acceptors (Lipinski definition) is 3. The third kappa shape index (κ3) is 3.01. The van der Waals surface area contributed by atoms with Gasteiger partial charge in [-0.2, -0.15) is 0 Å². The average molecular weight is 281 g/mol. The molecule has 2 aliphatic rings. The summed E-state index contributed by atoms with van der Waals surface area (Å²) in [6, 6.07) is 0. The number of amides is 1. The number of rotatable bonds is 5. The summed E-state index contributed by atoms with van der Waals surface area (Å²) in [5, 5.41) is 6.69. The number of hydrogen-bond donors (Lipinski definition) is 2. The first-order valence-corrected chi connectivity index (χ1v) is 8.25. The van der Waals surface area contributed by atoms with Gasteiger partial charge in [-0.25, -0.2) is 0 Å². The van der Waals surface area contributed by atoms with Crippen LogP contribution in [0.2, 0.25) is 0 Å². The van der Waals surface area contributed by atoms with Crippen molar-refractivity contribution in [2.75, 3.05) is 27.2 Å². The van der Waals surface area contributed by atoms with Crippen LogP contribution in [0, 0.1) is 0 Å². The number of carbonyl (C=O) groups excluding carboxylic acids is 1. The van der Waals surface area contributed by atoms with E-state index in [1.165, 1.54) is 32.1 Å². The highest BCUT2D eigenvalue weighted by Gasteiger charge is 2.41. The smallest absolute Gasteiger partial charge is 0.240 e. The van der Waals surface area contributed by atoms with E-state index in [1.54, 1.807) is 0 Å². The van der Waals surface area contributed by atoms with Crippen LogP contribution in [-0.4, -0.2) is 49.1 Å². The topological polar surface area (TPSA) is 44.4 Å². The lowest BCUT2D eigenvalue weighted by molar-refractivity contribution is -0.128. The molecule has 1 aliphatic carbocycles. The summed E-state index contributed by atoms with van der Waals surface area (Å²) in [5.41, 5.74) is -0.135. The predicted molar refractivity (Wildman–Crippen MR) is 82.8 cm³/mol. The van der Waals surface area contributed by atoms with Crippen molar-refractivity contribution >= 4 is 5.91 Å². The molecule has 0 aromatic heterocycles. The van der Waals surface area contributed by atoms with E-state index >= 15 is 0 Å². The molecular weight excluding hydrogens is 250 g/mol. The van der Waals surface area contributed by atoms with Crippen molar-refractivity contribution in [1.29, 1.82) is 0 Å². The van der Waals surface area contributed by atoms with E-state index in [0.29, 0.717) is 0 Å². The second kappa shape index (κ2) is 6.44. The van der Waals surface area contributed by atoms with Crippen LogP contribution in [0.15, 0.2) is 0 Å². The van der Waals surface area contributed by atoms with E-state index in [0.717, 1.165) is 32.4 Å². The molecule has 0 aromatic carbocycles. The Balaban J connectivity index is 1.97. The van der Waals surface area contributed by atoms with E-state index in [-0.39, 0.29) is 17.0 Å². The molecule has 1 aliphatic heterocycles. The molecule has 0 spiro atoms. The molecule has 1 saturated heterocycles. The second-order valence-corrected chi connectivity index (χ2v) is 6.83. The molecular formula is C16H31N3O. The minimum Gasteiger partial charge on any atom is -0.353 e. The van der Waals surface area contributed by atoms with E-state index < -0.39 is 0 Å². The van der Waals surface area contributed by atoms with Crippen molar-refractivity contribution in [2.24, 2.45) is 0 Å². The van der Waals surface area contributed by atoms with Crippen molar-refractivity contribution in [3.63, 3.8) is 0 Å². The molecule has 1 atom stereocenters. The molecule has 0 aromatic rings. The van der Waals surface area contributed by atoms with E-state index in [9.17, 15) is 4.79 Å². The molecule has 116 valence electrons. The first kappa shape index (κ1) is 15.8. The maximum Gasteiger partial charge on any atom is 0.240 e. The summed E-state index contributed by atoms with van der Waals surface area (Å²) in [7, 11) is 4.31. The lowest BCUT2D eigenvalue weighted by Crippen LogP contribution is -2.59. The Labute approximate surface area is 123 Å². The van der Waals surface area contributed by atoms with Gasteiger partial charge in [0.2, 0.25) is 5.91 Å². The summed E-state index contributed by atoms with van der Waals surface area (Å²) in [4.78, 5) is 14.9. The third-order valence-electron chi connectivity index (χ3n) is 5.59. The van der Waals surface area contributed by atoms with Crippen molar-refractivity contribution in [3.05, 3.63) is 0 Å². The molecule has 2 fully saturated rings. The van der Waals surface area contributed by atoms with Gasteiger partial charge in [0.25, 0.3) is 0 Å². The van der Waals surface area contributed by atoms with Crippen LogP contribution in [0.4, 0.5) is 0 Å². The maximum absolute atomic E-state index is 12.6. The average Bonchev–Trinajstić information content (AvgIpc) is 2.95. The van der Waals surface area contributed by atoms with Gasteiger partial charge >= 0.3 is 0 Å². The summed E-state index contributed by atoms with van der Waals surface area (Å²) in [6.07, 6.45) is 9.28. The molecule has 4 heteroatoms. The Hall–Kier alpha value is -0.610. The Morgan fingerprint density at radius 2 is 1.85 bits per heavy atom. The van der Waals surface area contributed by atoms with Crippen LogP contribution in [0.25, 0.3) is 0 Å². The summed E-state index contributed by atoms with van der Waals surface area (Å²) in [5.74, 6) is 0.212. The minimum absolute atomic E-state index is 0.168. The minimum atomic E-state index is -0.303. The van der Waals surface area contributed by atoms with E-state index in [2.05, 4.69) is 36.6 Å². The number of nitrogens with zero attached hydrogens (tertiary/aromatic N) is 1. The van der Waals surface area contributed by atoms with E-state index in [1.807, 2.05) is 0 Å². The molecule has 2 N–H and O–H groups in total. The van der Waals surface area contributed by atoms with Gasteiger partial charge in [-0.15, -0.1) is 0 Å². The second-order valence-electron chi connectivity index (χ2n) is 6.83. The van der Waals surface area contributed by atoms with Gasteiger partial charge in [0.15, 0.2) is 0 Å². The standard InChI is InChI=1S/C16H31N3O/c1-4-16(11-8-12-18-16)14(20)17-13-15(19(2)3)9-6-5-7-10-15/h18H,4-13H2,1-3H3,(H,17,20). The van der Waals surface area contributed by atoms with Gasteiger partial charge in [-0.05, 0) is 52.7 Å². The summed E-state index contributed by atoms with van der Waals surface area (Å²) in [6.45, 7) is 3.88. The maximum atomic E-state index is 12.6. The zero-order chi connectivity index (χ0) is 14.6. The molecule has 4 nitrogen and oxygen atoms in total. The first-order chi connectivity index (χ1) is 9.55. The predicted octanol–water partition coefficient (Wildman–Crippen LogP) is 1.90. The lowest BCUT2D eigenvalue weighted by atomic mass is 9.80. The highest BCUT2D eigenvalue weighted by Crippen LogP contribution is 2.32. The Morgan fingerprint density at radius 3 is 2.35 bits per heavy atom. The highest BCUT2D eigenvalue weighted by atomic mass is 16.2. The van der Waals surface area contributed by atoms with Crippen LogP contribution in [0.3, 0.4) is 0 Å². The summed E-state index contributed by atoms with van der Waals surface area (Å²) < 4.78 is 0. The van der Waals surface area contributed by atoms with Gasteiger partial charge < -0.3 is 15.5 Å². The largest absolute Gasteiger partial charge is 0.353 e. The summed E-state index contributed by atoms with van der Waals surface area (Å²) >= 11 is 0. The van der Waals surface area contributed by atoms with Gasteiger partial charge in [-0.3, -0.25) is 4.79 Å². The van der Waals surface area contributed by atoms with Crippen molar-refractivity contribution in [2.45, 2.75) is 69.4 Å². The zero-order valence-electron chi connectivity index (χ0n) is 13.4. The van der Waals surface area contributed by atoms with Crippen LogP contribution in [-0.2, 0) is 4.79 Å². The third-order valence-corrected chi connectivity index (χ3v) is 5.59. The van der Waals surface area contributed by atoms with E-state index in [4.69, 9.17) is 0 Å². The molecule has 1 saturated carbocycles. The fourth-order valence-corrected chi connectivity index (χ4v) is 3.87. The van der Waals surface area contributed by atoms with Crippen LogP contribution in [0.1, 0.15) is 58.3 Å². The normalized spacial score (nSPS) is 29.6. The lowest BCUT2D eigenvalue weighted by Gasteiger charge is -2.43. The van der Waals surface area contributed by atoms with Crippen LogP contribution < -0.4 is 10.6 Å². The Bertz CT molecular complexity index is 329. The molecule has 2 rings (SSSR count). The first-order valence-electron chi connectivity index (χ1n) is 8.25. The van der Waals surface area contributed by atoms with Crippen molar-refractivity contribution in [3.8, 4) is 0 Å². The quantitative estimate of drug-likeness (QED) is 0.809. The highest BCUT2D eigenvalue weighted by molar-refractivity contribution is 5.86. The van der Waals surface area contributed by atoms with Crippen LogP contribution in [0.5, 0.6) is 0 Å². The Kier molecular flexibility index (Phi) is 5.08. The van der Waals surface area contributed by atoms with Gasteiger partial charge in [-0.1, -0.05) is 26.2 Å². The Morgan fingerprint density at radius 1 is 1.15 bits per heavy atom. The molecule has 0 radical (unpaired) electrons. The molecule has 1 heterocycles.